The van der Waals surface area contributed by atoms with Crippen LogP contribution in [0.4, 0.5) is 5.69 Å². The van der Waals surface area contributed by atoms with Crippen LogP contribution in [0.25, 0.3) is 0 Å². The molecule has 0 radical (unpaired) electrons. The SMILES string of the molecule is CCN(Cc1ccoc1CN)c1cccc(C)c1. The summed E-state index contributed by atoms with van der Waals surface area (Å²) in [6.07, 6.45) is 1.71. The van der Waals surface area contributed by atoms with Crippen molar-refractivity contribution in [2.75, 3.05) is 11.4 Å². The lowest BCUT2D eigenvalue weighted by atomic mass is 10.1. The van der Waals surface area contributed by atoms with E-state index in [1.807, 2.05) is 6.07 Å². The lowest BCUT2D eigenvalue weighted by molar-refractivity contribution is 0.506. The van der Waals surface area contributed by atoms with E-state index in [9.17, 15) is 0 Å². The molecule has 3 heteroatoms. The summed E-state index contributed by atoms with van der Waals surface area (Å²) in [5.74, 6) is 0.876. The van der Waals surface area contributed by atoms with E-state index < -0.39 is 0 Å². The quantitative estimate of drug-likeness (QED) is 0.879. The van der Waals surface area contributed by atoms with E-state index in [0.717, 1.165) is 18.8 Å². The van der Waals surface area contributed by atoms with E-state index in [2.05, 4.69) is 43.0 Å². The van der Waals surface area contributed by atoms with E-state index in [0.29, 0.717) is 6.54 Å². The second-order valence-corrected chi connectivity index (χ2v) is 4.43. The summed E-state index contributed by atoms with van der Waals surface area (Å²) in [4.78, 5) is 2.32. The van der Waals surface area contributed by atoms with Gasteiger partial charge in [0.15, 0.2) is 0 Å². The second kappa shape index (κ2) is 5.74. The van der Waals surface area contributed by atoms with Gasteiger partial charge < -0.3 is 15.1 Å². The molecule has 1 heterocycles. The summed E-state index contributed by atoms with van der Waals surface area (Å²) in [6, 6.07) is 10.5. The summed E-state index contributed by atoms with van der Waals surface area (Å²) >= 11 is 0. The highest BCUT2D eigenvalue weighted by Gasteiger charge is 2.10. The van der Waals surface area contributed by atoms with Crippen LogP contribution >= 0.6 is 0 Å². The molecule has 1 aromatic heterocycles. The minimum atomic E-state index is 0.452. The summed E-state index contributed by atoms with van der Waals surface area (Å²) in [5, 5.41) is 0. The molecule has 18 heavy (non-hydrogen) atoms. The molecule has 0 aliphatic rings. The van der Waals surface area contributed by atoms with Gasteiger partial charge in [0.2, 0.25) is 0 Å². The highest BCUT2D eigenvalue weighted by molar-refractivity contribution is 5.49. The van der Waals surface area contributed by atoms with Crippen molar-refractivity contribution in [3.63, 3.8) is 0 Å². The van der Waals surface area contributed by atoms with Crippen LogP contribution in [0.1, 0.15) is 23.8 Å². The zero-order chi connectivity index (χ0) is 13.0. The fourth-order valence-electron chi connectivity index (χ4n) is 2.10. The Morgan fingerprint density at radius 2 is 2.11 bits per heavy atom. The fourth-order valence-corrected chi connectivity index (χ4v) is 2.10. The van der Waals surface area contributed by atoms with Crippen molar-refractivity contribution in [3.8, 4) is 0 Å². The van der Waals surface area contributed by atoms with Gasteiger partial charge in [0.05, 0.1) is 12.8 Å². The van der Waals surface area contributed by atoms with Crippen LogP contribution < -0.4 is 10.6 Å². The zero-order valence-corrected chi connectivity index (χ0v) is 11.0. The first-order chi connectivity index (χ1) is 8.74. The predicted molar refractivity (Wildman–Crippen MR) is 74.5 cm³/mol. The van der Waals surface area contributed by atoms with E-state index in [4.69, 9.17) is 10.2 Å². The number of aryl methyl sites for hydroxylation is 1. The van der Waals surface area contributed by atoms with Crippen LogP contribution in [0, 0.1) is 6.92 Å². The molecular formula is C15H20N2O. The number of hydrogen-bond donors (Lipinski definition) is 1. The topological polar surface area (TPSA) is 42.4 Å². The number of furan rings is 1. The molecule has 0 saturated carbocycles. The van der Waals surface area contributed by atoms with Gasteiger partial charge in [-0.25, -0.2) is 0 Å². The van der Waals surface area contributed by atoms with Gasteiger partial charge in [-0.1, -0.05) is 12.1 Å². The average molecular weight is 244 g/mol. The first kappa shape index (κ1) is 12.7. The van der Waals surface area contributed by atoms with Crippen LogP contribution in [0.5, 0.6) is 0 Å². The minimum Gasteiger partial charge on any atom is -0.468 e. The molecule has 2 N–H and O–H groups in total. The predicted octanol–water partition coefficient (Wildman–Crippen LogP) is 3.07. The number of rotatable bonds is 5. The molecule has 2 aromatic rings. The fraction of sp³-hybridized carbons (Fsp3) is 0.333. The Morgan fingerprint density at radius 3 is 2.78 bits per heavy atom. The maximum absolute atomic E-state index is 5.66. The van der Waals surface area contributed by atoms with Gasteiger partial charge in [-0.15, -0.1) is 0 Å². The average Bonchev–Trinajstić information content (AvgIpc) is 2.83. The smallest absolute Gasteiger partial charge is 0.122 e. The standard InChI is InChI=1S/C15H20N2O/c1-3-17(14-6-4-5-12(2)9-14)11-13-7-8-18-15(13)10-16/h4-9H,3,10-11,16H2,1-2H3. The molecule has 0 amide bonds. The maximum Gasteiger partial charge on any atom is 0.122 e. The molecule has 0 atom stereocenters. The molecular weight excluding hydrogens is 224 g/mol. The molecule has 0 unspecified atom stereocenters. The summed E-state index contributed by atoms with van der Waals surface area (Å²) in [6.45, 7) is 6.51. The first-order valence-electron chi connectivity index (χ1n) is 6.31. The van der Waals surface area contributed by atoms with Gasteiger partial charge >= 0.3 is 0 Å². The zero-order valence-electron chi connectivity index (χ0n) is 11.0. The van der Waals surface area contributed by atoms with Gasteiger partial charge in [0, 0.05) is 24.3 Å². The van der Waals surface area contributed by atoms with Crippen LogP contribution in [-0.2, 0) is 13.1 Å². The minimum absolute atomic E-state index is 0.452. The molecule has 2 rings (SSSR count). The molecule has 0 saturated heterocycles. The normalized spacial score (nSPS) is 10.6. The third kappa shape index (κ3) is 2.74. The van der Waals surface area contributed by atoms with Gasteiger partial charge in [0.25, 0.3) is 0 Å². The van der Waals surface area contributed by atoms with Crippen molar-refractivity contribution in [1.29, 1.82) is 0 Å². The lowest BCUT2D eigenvalue weighted by Crippen LogP contribution is -2.22. The molecule has 0 aliphatic heterocycles. The molecule has 96 valence electrons. The van der Waals surface area contributed by atoms with E-state index in [1.165, 1.54) is 16.8 Å². The van der Waals surface area contributed by atoms with Crippen LogP contribution in [0.3, 0.4) is 0 Å². The Labute approximate surface area is 108 Å². The van der Waals surface area contributed by atoms with E-state index in [1.54, 1.807) is 6.26 Å². The third-order valence-corrected chi connectivity index (χ3v) is 3.13. The van der Waals surface area contributed by atoms with Gasteiger partial charge in [-0.05, 0) is 37.6 Å². The Morgan fingerprint density at radius 1 is 1.28 bits per heavy atom. The molecule has 1 aromatic carbocycles. The number of benzene rings is 1. The van der Waals surface area contributed by atoms with Crippen molar-refractivity contribution in [2.24, 2.45) is 5.73 Å². The molecule has 0 bridgehead atoms. The summed E-state index contributed by atoms with van der Waals surface area (Å²) in [7, 11) is 0. The number of hydrogen-bond acceptors (Lipinski definition) is 3. The van der Waals surface area contributed by atoms with Crippen LogP contribution in [0.15, 0.2) is 41.0 Å². The number of anilines is 1. The first-order valence-corrected chi connectivity index (χ1v) is 6.31. The number of nitrogens with two attached hydrogens (primary N) is 1. The lowest BCUT2D eigenvalue weighted by Gasteiger charge is -2.23. The van der Waals surface area contributed by atoms with E-state index >= 15 is 0 Å². The van der Waals surface area contributed by atoms with Crippen LogP contribution in [-0.4, -0.2) is 6.54 Å². The molecule has 3 nitrogen and oxygen atoms in total. The Balaban J connectivity index is 2.20. The van der Waals surface area contributed by atoms with E-state index in [-0.39, 0.29) is 0 Å². The Kier molecular flexibility index (Phi) is 4.05. The third-order valence-electron chi connectivity index (χ3n) is 3.13. The largest absolute Gasteiger partial charge is 0.468 e. The van der Waals surface area contributed by atoms with Gasteiger partial charge in [-0.3, -0.25) is 0 Å². The Hall–Kier alpha value is -1.74. The second-order valence-electron chi connectivity index (χ2n) is 4.43. The van der Waals surface area contributed by atoms with Gasteiger partial charge in [-0.2, -0.15) is 0 Å². The monoisotopic (exact) mass is 244 g/mol. The number of nitrogens with zero attached hydrogens (tertiary/aromatic N) is 1. The molecule has 0 aliphatic carbocycles. The van der Waals surface area contributed by atoms with Gasteiger partial charge in [0.1, 0.15) is 5.76 Å². The van der Waals surface area contributed by atoms with Crippen molar-refractivity contribution in [3.05, 3.63) is 53.5 Å². The Bertz CT molecular complexity index is 505. The summed E-state index contributed by atoms with van der Waals surface area (Å²) < 4.78 is 5.37. The van der Waals surface area contributed by atoms with Crippen LogP contribution in [0.2, 0.25) is 0 Å². The van der Waals surface area contributed by atoms with Crippen molar-refractivity contribution >= 4 is 5.69 Å². The highest BCUT2D eigenvalue weighted by Crippen LogP contribution is 2.20. The van der Waals surface area contributed by atoms with Crippen molar-refractivity contribution < 1.29 is 4.42 Å². The van der Waals surface area contributed by atoms with Crippen molar-refractivity contribution in [1.82, 2.24) is 0 Å². The molecule has 0 fully saturated rings. The summed E-state index contributed by atoms with van der Waals surface area (Å²) in [5.41, 5.74) is 9.34. The maximum atomic E-state index is 5.66. The van der Waals surface area contributed by atoms with Crippen molar-refractivity contribution in [2.45, 2.75) is 26.9 Å². The highest BCUT2D eigenvalue weighted by atomic mass is 16.3. The molecule has 0 spiro atoms.